The molecule has 0 atom stereocenters. The summed E-state index contributed by atoms with van der Waals surface area (Å²) in [6.07, 6.45) is 3.17. The molecule has 3 aromatic rings. The molecule has 5 nitrogen and oxygen atoms in total. The average Bonchev–Trinajstić information content (AvgIpc) is 3.20. The Bertz CT molecular complexity index is 951. The number of benzene rings is 2. The highest BCUT2D eigenvalue weighted by molar-refractivity contribution is 9.10. The first-order chi connectivity index (χ1) is 13.1. The highest BCUT2D eigenvalue weighted by atomic mass is 79.9. The molecule has 0 radical (unpaired) electrons. The SMILES string of the molecule is O=C(NCc1ccco1)/C(=C/c1ccccc1)NC(=O)c1cccc(Br)c1. The van der Waals surface area contributed by atoms with Gasteiger partial charge in [0.2, 0.25) is 0 Å². The third kappa shape index (κ3) is 5.43. The van der Waals surface area contributed by atoms with E-state index in [1.165, 1.54) is 6.26 Å². The van der Waals surface area contributed by atoms with E-state index < -0.39 is 5.91 Å². The zero-order chi connectivity index (χ0) is 19.1. The summed E-state index contributed by atoms with van der Waals surface area (Å²) in [6, 6.07) is 19.8. The Kier molecular flexibility index (Phi) is 6.22. The van der Waals surface area contributed by atoms with Crippen LogP contribution in [0.2, 0.25) is 0 Å². The number of amides is 2. The number of halogens is 1. The Balaban J connectivity index is 1.79. The molecule has 2 amide bonds. The molecule has 0 bridgehead atoms. The van der Waals surface area contributed by atoms with Crippen LogP contribution in [0.1, 0.15) is 21.7 Å². The van der Waals surface area contributed by atoms with Crippen molar-refractivity contribution >= 4 is 33.8 Å². The minimum absolute atomic E-state index is 0.151. The fourth-order valence-electron chi connectivity index (χ4n) is 2.37. The van der Waals surface area contributed by atoms with Crippen LogP contribution in [0.3, 0.4) is 0 Å². The van der Waals surface area contributed by atoms with Crippen molar-refractivity contribution in [2.45, 2.75) is 6.54 Å². The molecule has 6 heteroatoms. The van der Waals surface area contributed by atoms with E-state index >= 15 is 0 Å². The van der Waals surface area contributed by atoms with Crippen molar-refractivity contribution in [1.82, 2.24) is 10.6 Å². The van der Waals surface area contributed by atoms with Gasteiger partial charge in [-0.2, -0.15) is 0 Å². The summed E-state index contributed by atoms with van der Waals surface area (Å²) in [5, 5.41) is 5.45. The monoisotopic (exact) mass is 424 g/mol. The lowest BCUT2D eigenvalue weighted by molar-refractivity contribution is -0.118. The number of hydrogen-bond donors (Lipinski definition) is 2. The second-order valence-electron chi connectivity index (χ2n) is 5.70. The van der Waals surface area contributed by atoms with E-state index in [1.807, 2.05) is 36.4 Å². The molecule has 136 valence electrons. The van der Waals surface area contributed by atoms with Gasteiger partial charge in [-0.3, -0.25) is 9.59 Å². The van der Waals surface area contributed by atoms with E-state index in [4.69, 9.17) is 4.42 Å². The number of furan rings is 1. The van der Waals surface area contributed by atoms with Crippen LogP contribution < -0.4 is 10.6 Å². The maximum absolute atomic E-state index is 12.6. The lowest BCUT2D eigenvalue weighted by atomic mass is 10.1. The highest BCUT2D eigenvalue weighted by Crippen LogP contribution is 2.13. The van der Waals surface area contributed by atoms with E-state index in [9.17, 15) is 9.59 Å². The molecule has 3 rings (SSSR count). The second kappa shape index (κ2) is 9.00. The summed E-state index contributed by atoms with van der Waals surface area (Å²) >= 11 is 3.34. The number of rotatable bonds is 6. The molecule has 1 aromatic heterocycles. The van der Waals surface area contributed by atoms with Gasteiger partial charge >= 0.3 is 0 Å². The maximum Gasteiger partial charge on any atom is 0.268 e. The summed E-state index contributed by atoms with van der Waals surface area (Å²) < 4.78 is 6.00. The first-order valence-electron chi connectivity index (χ1n) is 8.26. The first kappa shape index (κ1) is 18.7. The quantitative estimate of drug-likeness (QED) is 0.584. The topological polar surface area (TPSA) is 71.3 Å². The molecule has 2 aromatic carbocycles. The molecule has 0 saturated carbocycles. The summed E-state index contributed by atoms with van der Waals surface area (Å²) in [5.41, 5.74) is 1.40. The summed E-state index contributed by atoms with van der Waals surface area (Å²) in [6.45, 7) is 0.227. The first-order valence-corrected chi connectivity index (χ1v) is 9.05. The highest BCUT2D eigenvalue weighted by Gasteiger charge is 2.15. The predicted molar refractivity (Wildman–Crippen MR) is 107 cm³/mol. The standard InChI is InChI=1S/C21H17BrN2O3/c22-17-9-4-8-16(13-17)20(25)24-19(12-15-6-2-1-3-7-15)21(26)23-14-18-10-5-11-27-18/h1-13H,14H2,(H,23,26)(H,24,25)/b19-12-. The lowest BCUT2D eigenvalue weighted by Gasteiger charge is -2.11. The molecular weight excluding hydrogens is 408 g/mol. The van der Waals surface area contributed by atoms with Crippen molar-refractivity contribution in [3.05, 3.63) is 100 Å². The van der Waals surface area contributed by atoms with E-state index in [-0.39, 0.29) is 18.1 Å². The Morgan fingerprint density at radius 3 is 2.52 bits per heavy atom. The van der Waals surface area contributed by atoms with Crippen LogP contribution in [0.5, 0.6) is 0 Å². The Labute approximate surface area is 165 Å². The molecule has 0 aliphatic carbocycles. The third-order valence-electron chi connectivity index (χ3n) is 3.69. The van der Waals surface area contributed by atoms with Gasteiger partial charge in [0.15, 0.2) is 0 Å². The maximum atomic E-state index is 12.6. The van der Waals surface area contributed by atoms with Gasteiger partial charge in [0.1, 0.15) is 11.5 Å². The Morgan fingerprint density at radius 1 is 1.00 bits per heavy atom. The van der Waals surface area contributed by atoms with Gasteiger partial charge in [0.05, 0.1) is 12.8 Å². The third-order valence-corrected chi connectivity index (χ3v) is 4.19. The van der Waals surface area contributed by atoms with Gasteiger partial charge in [-0.05, 0) is 42.0 Å². The van der Waals surface area contributed by atoms with E-state index in [2.05, 4.69) is 26.6 Å². The van der Waals surface area contributed by atoms with Crippen molar-refractivity contribution < 1.29 is 14.0 Å². The van der Waals surface area contributed by atoms with Crippen molar-refractivity contribution in [3.8, 4) is 0 Å². The summed E-state index contributed by atoms with van der Waals surface area (Å²) in [7, 11) is 0. The van der Waals surface area contributed by atoms with Crippen LogP contribution >= 0.6 is 15.9 Å². The molecule has 0 fully saturated rings. The van der Waals surface area contributed by atoms with Gasteiger partial charge < -0.3 is 15.1 Å². The average molecular weight is 425 g/mol. The zero-order valence-corrected chi connectivity index (χ0v) is 15.9. The molecule has 27 heavy (non-hydrogen) atoms. The lowest BCUT2D eigenvalue weighted by Crippen LogP contribution is -2.34. The van der Waals surface area contributed by atoms with Crippen LogP contribution in [-0.4, -0.2) is 11.8 Å². The van der Waals surface area contributed by atoms with Crippen LogP contribution in [0.15, 0.2) is 87.6 Å². The Morgan fingerprint density at radius 2 is 1.81 bits per heavy atom. The molecule has 2 N–H and O–H groups in total. The smallest absolute Gasteiger partial charge is 0.268 e. The fraction of sp³-hybridized carbons (Fsp3) is 0.0476. The van der Waals surface area contributed by atoms with Crippen LogP contribution in [0.25, 0.3) is 6.08 Å². The minimum atomic E-state index is -0.404. The van der Waals surface area contributed by atoms with Crippen LogP contribution in [0, 0.1) is 0 Å². The molecule has 0 unspecified atom stereocenters. The predicted octanol–water partition coefficient (Wildman–Crippen LogP) is 4.13. The molecule has 0 aliphatic heterocycles. The number of hydrogen-bond acceptors (Lipinski definition) is 3. The van der Waals surface area contributed by atoms with Gasteiger partial charge in [-0.1, -0.05) is 52.3 Å². The molecule has 0 spiro atoms. The zero-order valence-electron chi connectivity index (χ0n) is 14.3. The van der Waals surface area contributed by atoms with Crippen molar-refractivity contribution in [2.75, 3.05) is 0 Å². The second-order valence-corrected chi connectivity index (χ2v) is 6.61. The van der Waals surface area contributed by atoms with Crippen molar-refractivity contribution in [2.24, 2.45) is 0 Å². The van der Waals surface area contributed by atoms with E-state index in [0.717, 1.165) is 10.0 Å². The minimum Gasteiger partial charge on any atom is -0.467 e. The van der Waals surface area contributed by atoms with Gasteiger partial charge in [0, 0.05) is 10.0 Å². The van der Waals surface area contributed by atoms with E-state index in [0.29, 0.717) is 11.3 Å². The van der Waals surface area contributed by atoms with Gasteiger partial charge in [-0.25, -0.2) is 0 Å². The molecular formula is C21H17BrN2O3. The summed E-state index contributed by atoms with van der Waals surface area (Å²) in [4.78, 5) is 25.2. The van der Waals surface area contributed by atoms with Crippen LogP contribution in [0.4, 0.5) is 0 Å². The molecule has 0 saturated heterocycles. The van der Waals surface area contributed by atoms with Gasteiger partial charge in [-0.15, -0.1) is 0 Å². The normalized spacial score (nSPS) is 11.1. The fourth-order valence-corrected chi connectivity index (χ4v) is 2.77. The number of carbonyl (C=O) groups is 2. The van der Waals surface area contributed by atoms with Gasteiger partial charge in [0.25, 0.3) is 11.8 Å². The van der Waals surface area contributed by atoms with Crippen LogP contribution in [-0.2, 0) is 11.3 Å². The van der Waals surface area contributed by atoms with Crippen molar-refractivity contribution in [1.29, 1.82) is 0 Å². The largest absolute Gasteiger partial charge is 0.467 e. The summed E-state index contributed by atoms with van der Waals surface area (Å²) in [5.74, 6) is -0.147. The Hall–Kier alpha value is -3.12. The van der Waals surface area contributed by atoms with E-state index in [1.54, 1.807) is 36.4 Å². The number of nitrogens with one attached hydrogen (secondary N) is 2. The number of carbonyl (C=O) groups excluding carboxylic acids is 2. The van der Waals surface area contributed by atoms with Crippen molar-refractivity contribution in [3.63, 3.8) is 0 Å². The molecule has 0 aliphatic rings. The molecule has 1 heterocycles.